The van der Waals surface area contributed by atoms with Gasteiger partial charge in [-0.05, 0) is 11.1 Å². The van der Waals surface area contributed by atoms with Gasteiger partial charge < -0.3 is 0 Å². The van der Waals surface area contributed by atoms with E-state index in [-0.39, 0.29) is 0 Å². The van der Waals surface area contributed by atoms with Gasteiger partial charge in [0, 0.05) is 24.0 Å². The number of benzene rings is 3. The number of hydrogen-bond donors (Lipinski definition) is 1. The van der Waals surface area contributed by atoms with Crippen LogP contribution in [0, 0.1) is 0 Å². The quantitative estimate of drug-likeness (QED) is 0.522. The largest absolute Gasteiger partial charge is 0.250 e. The molecule has 0 radical (unpaired) electrons. The van der Waals surface area contributed by atoms with E-state index in [1.807, 2.05) is 12.5 Å². The Balaban J connectivity index is 1.77. The van der Waals surface area contributed by atoms with Gasteiger partial charge in [-0.25, -0.2) is 9.55 Å². The predicted octanol–water partition coefficient (Wildman–Crippen LogP) is 4.47. The molecule has 0 saturated heterocycles. The zero-order valence-corrected chi connectivity index (χ0v) is 14.1. The van der Waals surface area contributed by atoms with Crippen molar-refractivity contribution in [2.24, 2.45) is 0 Å². The number of hydrogen-bond acceptors (Lipinski definition) is 0. The van der Waals surface area contributed by atoms with Crippen LogP contribution in [0.4, 0.5) is 0 Å². The minimum atomic E-state index is 0.928. The Morgan fingerprint density at radius 1 is 0.640 bits per heavy atom. The van der Waals surface area contributed by atoms with Crippen molar-refractivity contribution in [2.75, 3.05) is 0 Å². The molecule has 2 nitrogen and oxygen atoms in total. The summed E-state index contributed by atoms with van der Waals surface area (Å²) in [4.78, 5) is 3.17. The smallest absolute Gasteiger partial charge is 0.246 e. The highest BCUT2D eigenvalue weighted by Crippen LogP contribution is 2.21. The van der Waals surface area contributed by atoms with Gasteiger partial charge in [-0.15, -0.1) is 0 Å². The van der Waals surface area contributed by atoms with E-state index < -0.39 is 0 Å². The molecule has 0 unspecified atom stereocenters. The molecule has 1 N–H and O–H groups in total. The van der Waals surface area contributed by atoms with E-state index in [0.29, 0.717) is 0 Å². The zero-order chi connectivity index (χ0) is 16.9. The molecule has 25 heavy (non-hydrogen) atoms. The number of H-pyrrole nitrogens is 1. The molecule has 0 spiro atoms. The van der Waals surface area contributed by atoms with Crippen molar-refractivity contribution in [3.8, 4) is 5.69 Å². The molecule has 0 bridgehead atoms. The third-order valence-electron chi connectivity index (χ3n) is 4.48. The first-order valence-corrected chi connectivity index (χ1v) is 8.63. The molecule has 1 aromatic heterocycles. The zero-order valence-electron chi connectivity index (χ0n) is 14.1. The van der Waals surface area contributed by atoms with Crippen LogP contribution in [0.2, 0.25) is 0 Å². The van der Waals surface area contributed by atoms with Gasteiger partial charge in [0.1, 0.15) is 18.1 Å². The van der Waals surface area contributed by atoms with Gasteiger partial charge in [0.05, 0.1) is 0 Å². The maximum atomic E-state index is 3.17. The molecular formula is C23H21N2+. The number of nitrogens with zero attached hydrogens (tertiary/aromatic N) is 1. The maximum Gasteiger partial charge on any atom is 0.246 e. The van der Waals surface area contributed by atoms with Crippen molar-refractivity contribution in [2.45, 2.75) is 12.8 Å². The van der Waals surface area contributed by atoms with E-state index in [0.717, 1.165) is 12.8 Å². The van der Waals surface area contributed by atoms with Gasteiger partial charge in [-0.2, -0.15) is 0 Å². The van der Waals surface area contributed by atoms with E-state index in [2.05, 4.69) is 94.6 Å². The Bertz CT molecular complexity index is 867. The van der Waals surface area contributed by atoms with Crippen LogP contribution in [-0.2, 0) is 12.8 Å². The summed E-state index contributed by atoms with van der Waals surface area (Å²) < 4.78 is 2.19. The molecule has 0 amide bonds. The van der Waals surface area contributed by atoms with Crippen LogP contribution in [0.15, 0.2) is 97.6 Å². The van der Waals surface area contributed by atoms with Crippen LogP contribution in [0.3, 0.4) is 0 Å². The monoisotopic (exact) mass is 325 g/mol. The summed E-state index contributed by atoms with van der Waals surface area (Å²) in [5, 5.41) is 0. The second-order valence-corrected chi connectivity index (χ2v) is 6.27. The number of imidazole rings is 1. The molecule has 0 atom stereocenters. The summed E-state index contributed by atoms with van der Waals surface area (Å²) in [6.07, 6.45) is 7.91. The lowest BCUT2D eigenvalue weighted by Crippen LogP contribution is -2.30. The fraction of sp³-hybridized carbons (Fsp3) is 0.0870. The second-order valence-electron chi connectivity index (χ2n) is 6.27. The Morgan fingerprint density at radius 3 is 1.68 bits per heavy atom. The molecular weight excluding hydrogens is 304 g/mol. The topological polar surface area (TPSA) is 19.7 Å². The highest BCUT2D eigenvalue weighted by Gasteiger charge is 2.15. The fourth-order valence-electron chi connectivity index (χ4n) is 3.32. The van der Waals surface area contributed by atoms with Crippen LogP contribution < -0.4 is 4.57 Å². The Hall–Kier alpha value is -3.13. The molecule has 4 aromatic rings. The van der Waals surface area contributed by atoms with Crippen LogP contribution >= 0.6 is 0 Å². The molecule has 122 valence electrons. The van der Waals surface area contributed by atoms with Gasteiger partial charge in [-0.1, -0.05) is 78.9 Å². The number of aromatic amines is 1. The first-order valence-electron chi connectivity index (χ1n) is 8.63. The van der Waals surface area contributed by atoms with E-state index in [9.17, 15) is 0 Å². The predicted molar refractivity (Wildman–Crippen MR) is 101 cm³/mol. The van der Waals surface area contributed by atoms with Crippen LogP contribution in [0.1, 0.15) is 22.3 Å². The first kappa shape index (κ1) is 15.4. The minimum Gasteiger partial charge on any atom is -0.250 e. The summed E-state index contributed by atoms with van der Waals surface area (Å²) in [6, 6.07) is 27.9. The number of rotatable bonds is 5. The SMILES string of the molecule is c1ccc(Cc2cccc(Cc3ccccc3)c2-[n+]2cc[nH]c2)cc1. The summed E-state index contributed by atoms with van der Waals surface area (Å²) in [6.45, 7) is 0. The molecule has 4 rings (SSSR count). The number of para-hydroxylation sites is 1. The van der Waals surface area contributed by atoms with Gasteiger partial charge in [0.2, 0.25) is 6.33 Å². The minimum absolute atomic E-state index is 0.928. The van der Waals surface area contributed by atoms with E-state index in [1.54, 1.807) is 0 Å². The maximum absolute atomic E-state index is 3.17. The number of nitrogens with one attached hydrogen (secondary N) is 1. The molecule has 0 aliphatic rings. The van der Waals surface area contributed by atoms with Crippen LogP contribution in [0.25, 0.3) is 5.69 Å². The van der Waals surface area contributed by atoms with Gasteiger partial charge in [0.25, 0.3) is 0 Å². The normalized spacial score (nSPS) is 10.7. The summed E-state index contributed by atoms with van der Waals surface area (Å²) >= 11 is 0. The highest BCUT2D eigenvalue weighted by atomic mass is 15.0. The molecule has 0 fully saturated rings. The Kier molecular flexibility index (Phi) is 4.42. The van der Waals surface area contributed by atoms with Crippen molar-refractivity contribution in [1.29, 1.82) is 0 Å². The Morgan fingerprint density at radius 2 is 1.20 bits per heavy atom. The summed E-state index contributed by atoms with van der Waals surface area (Å²) in [7, 11) is 0. The highest BCUT2D eigenvalue weighted by molar-refractivity contribution is 5.46. The lowest BCUT2D eigenvalue weighted by atomic mass is 9.96. The summed E-state index contributed by atoms with van der Waals surface area (Å²) in [5.41, 5.74) is 6.61. The van der Waals surface area contributed by atoms with E-state index in [4.69, 9.17) is 0 Å². The molecule has 2 heteroatoms. The molecule has 0 aliphatic carbocycles. The van der Waals surface area contributed by atoms with Crippen molar-refractivity contribution in [3.05, 3.63) is 120 Å². The van der Waals surface area contributed by atoms with Crippen molar-refractivity contribution < 1.29 is 4.57 Å². The first-order chi connectivity index (χ1) is 12.4. The van der Waals surface area contributed by atoms with Crippen molar-refractivity contribution in [3.63, 3.8) is 0 Å². The van der Waals surface area contributed by atoms with Crippen LogP contribution in [-0.4, -0.2) is 4.98 Å². The molecule has 0 saturated carbocycles. The lowest BCUT2D eigenvalue weighted by molar-refractivity contribution is -0.595. The third kappa shape index (κ3) is 3.53. The molecule has 1 heterocycles. The van der Waals surface area contributed by atoms with E-state index in [1.165, 1.54) is 27.9 Å². The Labute approximate surface area is 148 Å². The summed E-state index contributed by atoms with van der Waals surface area (Å²) in [5.74, 6) is 0. The standard InChI is InChI=1S/C23H20N2/c1-3-8-19(9-4-1)16-21-12-7-13-22(17-20-10-5-2-6-11-20)23(21)25-15-14-24-18-25/h1-15,18H,16-17H2/p+1. The van der Waals surface area contributed by atoms with Gasteiger partial charge >= 0.3 is 0 Å². The fourth-order valence-corrected chi connectivity index (χ4v) is 3.32. The molecule has 0 aliphatic heterocycles. The average Bonchev–Trinajstić information content (AvgIpc) is 3.18. The van der Waals surface area contributed by atoms with Crippen LogP contribution in [0.5, 0.6) is 0 Å². The van der Waals surface area contributed by atoms with Crippen molar-refractivity contribution >= 4 is 0 Å². The second kappa shape index (κ2) is 7.18. The van der Waals surface area contributed by atoms with Gasteiger partial charge in [-0.3, -0.25) is 0 Å². The van der Waals surface area contributed by atoms with E-state index >= 15 is 0 Å². The third-order valence-corrected chi connectivity index (χ3v) is 4.48. The average molecular weight is 325 g/mol. The van der Waals surface area contributed by atoms with Gasteiger partial charge in [0.15, 0.2) is 0 Å². The number of aromatic nitrogens is 2. The molecule has 3 aromatic carbocycles. The lowest BCUT2D eigenvalue weighted by Gasteiger charge is -2.12. The van der Waals surface area contributed by atoms with Crippen molar-refractivity contribution in [1.82, 2.24) is 4.98 Å².